The van der Waals surface area contributed by atoms with Crippen molar-refractivity contribution in [3.63, 3.8) is 0 Å². The highest BCUT2D eigenvalue weighted by Gasteiger charge is 2.10. The first kappa shape index (κ1) is 14.5. The number of nitrogens with zero attached hydrogens (tertiary/aromatic N) is 1. The molecule has 0 unspecified atom stereocenters. The fraction of sp³-hybridized carbons (Fsp3) is 0.643. The average molecular weight is 255 g/mol. The van der Waals surface area contributed by atoms with Crippen LogP contribution in [-0.2, 0) is 6.54 Å². The molecule has 0 spiro atoms. The van der Waals surface area contributed by atoms with Crippen LogP contribution in [0.5, 0.6) is 0 Å². The third kappa shape index (κ3) is 5.51. The molecule has 17 heavy (non-hydrogen) atoms. The van der Waals surface area contributed by atoms with E-state index in [4.69, 9.17) is 0 Å². The summed E-state index contributed by atoms with van der Waals surface area (Å²) >= 11 is 0. The number of nitrogens with one attached hydrogen (secondary N) is 1. The van der Waals surface area contributed by atoms with Crippen LogP contribution in [0.2, 0.25) is 0 Å². The molecule has 0 radical (unpaired) electrons. The molecular weight excluding hydrogens is 232 g/mol. The molecule has 0 saturated heterocycles. The van der Waals surface area contributed by atoms with Gasteiger partial charge in [0.1, 0.15) is 0 Å². The molecule has 2 nitrogen and oxygen atoms in total. The van der Waals surface area contributed by atoms with E-state index in [2.05, 4.69) is 22.4 Å². The SMILES string of the molecule is Cl.c1cc(CNC2CCCCCCC2)ccn1. The minimum atomic E-state index is 0. The molecule has 0 aromatic carbocycles. The Morgan fingerprint density at radius 1 is 1.00 bits per heavy atom. The second kappa shape index (κ2) is 8.48. The van der Waals surface area contributed by atoms with Crippen molar-refractivity contribution in [1.29, 1.82) is 0 Å². The highest BCUT2D eigenvalue weighted by molar-refractivity contribution is 5.85. The quantitative estimate of drug-likeness (QED) is 0.890. The zero-order chi connectivity index (χ0) is 11.1. The van der Waals surface area contributed by atoms with Crippen LogP contribution in [0.3, 0.4) is 0 Å². The van der Waals surface area contributed by atoms with E-state index in [1.807, 2.05) is 12.4 Å². The predicted octanol–water partition coefficient (Wildman–Crippen LogP) is 3.71. The summed E-state index contributed by atoms with van der Waals surface area (Å²) in [7, 11) is 0. The Morgan fingerprint density at radius 2 is 1.59 bits per heavy atom. The summed E-state index contributed by atoms with van der Waals surface area (Å²) in [4.78, 5) is 4.04. The molecule has 1 aromatic heterocycles. The van der Waals surface area contributed by atoms with Crippen LogP contribution in [0.1, 0.15) is 50.5 Å². The van der Waals surface area contributed by atoms with Crippen LogP contribution in [0.25, 0.3) is 0 Å². The Hall–Kier alpha value is -0.600. The zero-order valence-corrected chi connectivity index (χ0v) is 11.2. The van der Waals surface area contributed by atoms with E-state index in [1.54, 1.807) is 0 Å². The number of pyridine rings is 1. The largest absolute Gasteiger partial charge is 0.310 e. The van der Waals surface area contributed by atoms with Crippen LogP contribution in [0, 0.1) is 0 Å². The fourth-order valence-corrected chi connectivity index (χ4v) is 2.42. The Bertz CT molecular complexity index is 282. The van der Waals surface area contributed by atoms with Crippen molar-refractivity contribution in [2.24, 2.45) is 0 Å². The summed E-state index contributed by atoms with van der Waals surface area (Å²) in [6.07, 6.45) is 13.5. The maximum atomic E-state index is 4.04. The predicted molar refractivity (Wildman–Crippen MR) is 74.4 cm³/mol. The molecule has 1 heterocycles. The van der Waals surface area contributed by atoms with Gasteiger partial charge < -0.3 is 5.32 Å². The monoisotopic (exact) mass is 254 g/mol. The van der Waals surface area contributed by atoms with Gasteiger partial charge in [0, 0.05) is 25.0 Å². The highest BCUT2D eigenvalue weighted by Crippen LogP contribution is 2.17. The van der Waals surface area contributed by atoms with E-state index >= 15 is 0 Å². The fourth-order valence-electron chi connectivity index (χ4n) is 2.42. The summed E-state index contributed by atoms with van der Waals surface area (Å²) in [5.41, 5.74) is 1.34. The minimum Gasteiger partial charge on any atom is -0.310 e. The Kier molecular flexibility index (Phi) is 7.22. The van der Waals surface area contributed by atoms with Crippen molar-refractivity contribution in [1.82, 2.24) is 10.3 Å². The van der Waals surface area contributed by atoms with Gasteiger partial charge in [-0.3, -0.25) is 4.98 Å². The standard InChI is InChI=1S/C14H22N2.ClH/c1-2-4-6-14(7-5-3-1)16-12-13-8-10-15-11-9-13;/h8-11,14,16H,1-7,12H2;1H. The molecule has 1 saturated carbocycles. The van der Waals surface area contributed by atoms with Crippen molar-refractivity contribution in [2.45, 2.75) is 57.5 Å². The maximum Gasteiger partial charge on any atom is 0.0271 e. The molecule has 1 aliphatic carbocycles. The van der Waals surface area contributed by atoms with Crippen molar-refractivity contribution in [3.8, 4) is 0 Å². The van der Waals surface area contributed by atoms with Crippen molar-refractivity contribution in [2.75, 3.05) is 0 Å². The van der Waals surface area contributed by atoms with Crippen molar-refractivity contribution >= 4 is 12.4 Å². The lowest BCUT2D eigenvalue weighted by atomic mass is 9.96. The van der Waals surface area contributed by atoms with E-state index < -0.39 is 0 Å². The summed E-state index contributed by atoms with van der Waals surface area (Å²) in [5.74, 6) is 0. The first-order valence-corrected chi connectivity index (χ1v) is 6.57. The first-order chi connectivity index (χ1) is 7.95. The summed E-state index contributed by atoms with van der Waals surface area (Å²) in [5, 5.41) is 3.68. The smallest absolute Gasteiger partial charge is 0.0271 e. The molecule has 1 N–H and O–H groups in total. The third-order valence-electron chi connectivity index (χ3n) is 3.45. The van der Waals surface area contributed by atoms with Crippen LogP contribution in [0.15, 0.2) is 24.5 Å². The highest BCUT2D eigenvalue weighted by atomic mass is 35.5. The van der Waals surface area contributed by atoms with E-state index in [9.17, 15) is 0 Å². The van der Waals surface area contributed by atoms with E-state index in [-0.39, 0.29) is 12.4 Å². The van der Waals surface area contributed by atoms with Gasteiger partial charge in [-0.15, -0.1) is 12.4 Å². The number of hydrogen-bond donors (Lipinski definition) is 1. The minimum absolute atomic E-state index is 0. The molecule has 0 bridgehead atoms. The van der Waals surface area contributed by atoms with Crippen molar-refractivity contribution < 1.29 is 0 Å². The van der Waals surface area contributed by atoms with Gasteiger partial charge in [0.15, 0.2) is 0 Å². The number of hydrogen-bond acceptors (Lipinski definition) is 2. The molecule has 0 amide bonds. The maximum absolute atomic E-state index is 4.04. The molecule has 96 valence electrons. The molecular formula is C14H23ClN2. The normalized spacial score (nSPS) is 17.9. The first-order valence-electron chi connectivity index (χ1n) is 6.57. The van der Waals surface area contributed by atoms with Crippen LogP contribution in [0.4, 0.5) is 0 Å². The molecule has 2 rings (SSSR count). The lowest BCUT2D eigenvalue weighted by Gasteiger charge is -2.21. The lowest BCUT2D eigenvalue weighted by molar-refractivity contribution is 0.389. The van der Waals surface area contributed by atoms with Crippen molar-refractivity contribution in [3.05, 3.63) is 30.1 Å². The Labute approximate surface area is 111 Å². The number of aromatic nitrogens is 1. The number of rotatable bonds is 3. The van der Waals surface area contributed by atoms with Gasteiger partial charge in [-0.05, 0) is 30.5 Å². The van der Waals surface area contributed by atoms with Gasteiger partial charge in [-0.2, -0.15) is 0 Å². The summed E-state index contributed by atoms with van der Waals surface area (Å²) in [6.45, 7) is 0.993. The van der Waals surface area contributed by atoms with Gasteiger partial charge in [0.05, 0.1) is 0 Å². The summed E-state index contributed by atoms with van der Waals surface area (Å²) < 4.78 is 0. The van der Waals surface area contributed by atoms with Gasteiger partial charge >= 0.3 is 0 Å². The Balaban J connectivity index is 0.00000144. The average Bonchev–Trinajstić information content (AvgIpc) is 2.29. The van der Waals surface area contributed by atoms with E-state index in [0.717, 1.165) is 12.6 Å². The van der Waals surface area contributed by atoms with Gasteiger partial charge in [0.25, 0.3) is 0 Å². The van der Waals surface area contributed by atoms with Crippen LogP contribution >= 0.6 is 12.4 Å². The van der Waals surface area contributed by atoms with Gasteiger partial charge in [-0.1, -0.05) is 32.1 Å². The Morgan fingerprint density at radius 3 is 2.24 bits per heavy atom. The number of halogens is 1. The van der Waals surface area contributed by atoms with Crippen LogP contribution < -0.4 is 5.32 Å². The molecule has 0 aliphatic heterocycles. The third-order valence-corrected chi connectivity index (χ3v) is 3.45. The van der Waals surface area contributed by atoms with Gasteiger partial charge in [0.2, 0.25) is 0 Å². The molecule has 3 heteroatoms. The molecule has 1 aromatic rings. The van der Waals surface area contributed by atoms with E-state index in [1.165, 1.54) is 50.5 Å². The zero-order valence-electron chi connectivity index (χ0n) is 10.4. The topological polar surface area (TPSA) is 24.9 Å². The molecule has 0 atom stereocenters. The lowest BCUT2D eigenvalue weighted by Crippen LogP contribution is -2.29. The summed E-state index contributed by atoms with van der Waals surface area (Å²) in [6, 6.07) is 4.92. The van der Waals surface area contributed by atoms with Crippen LogP contribution in [-0.4, -0.2) is 11.0 Å². The second-order valence-corrected chi connectivity index (χ2v) is 4.78. The van der Waals surface area contributed by atoms with E-state index in [0.29, 0.717) is 0 Å². The molecule has 1 fully saturated rings. The second-order valence-electron chi connectivity index (χ2n) is 4.78. The van der Waals surface area contributed by atoms with Gasteiger partial charge in [-0.25, -0.2) is 0 Å². The molecule has 1 aliphatic rings.